The molecule has 0 saturated heterocycles. The molecule has 1 N–H and O–H groups in total. The summed E-state index contributed by atoms with van der Waals surface area (Å²) in [5.41, 5.74) is 0.827. The van der Waals surface area contributed by atoms with Crippen LogP contribution in [-0.4, -0.2) is 18.3 Å². The summed E-state index contributed by atoms with van der Waals surface area (Å²) in [6.45, 7) is 1.85. The van der Waals surface area contributed by atoms with Crippen LogP contribution in [0.1, 0.15) is 19.8 Å². The first-order chi connectivity index (χ1) is 5.77. The van der Waals surface area contributed by atoms with Gasteiger partial charge < -0.3 is 5.32 Å². The number of hydrogen-bond acceptors (Lipinski definition) is 2. The van der Waals surface area contributed by atoms with Gasteiger partial charge in [0.1, 0.15) is 6.17 Å². The third-order valence-electron chi connectivity index (χ3n) is 2.40. The van der Waals surface area contributed by atoms with Crippen LogP contribution in [-0.2, 0) is 4.79 Å². The molecule has 0 aliphatic carbocycles. The number of hydrogen-bond donors (Lipinski definition) is 1. The summed E-state index contributed by atoms with van der Waals surface area (Å²) in [4.78, 5) is 15.4. The van der Waals surface area contributed by atoms with E-state index in [1.54, 1.807) is 0 Å². The Labute approximate surface area is 71.6 Å². The van der Waals surface area contributed by atoms with Gasteiger partial charge in [-0.3, -0.25) is 9.79 Å². The van der Waals surface area contributed by atoms with Gasteiger partial charge in [-0.05, 0) is 19.8 Å². The number of amides is 1. The van der Waals surface area contributed by atoms with Crippen molar-refractivity contribution in [3.05, 3.63) is 11.6 Å². The standard InChI is InChI=1S/C9H12N2O/c1-6-5-7-3-2-4-10-8(7)11-9(6)12/h4-5,7-8H,2-3H2,1H3,(H,11,12). The zero-order valence-electron chi connectivity index (χ0n) is 7.08. The summed E-state index contributed by atoms with van der Waals surface area (Å²) in [7, 11) is 0. The van der Waals surface area contributed by atoms with Crippen LogP contribution in [0, 0.1) is 5.92 Å². The summed E-state index contributed by atoms with van der Waals surface area (Å²) >= 11 is 0. The Hall–Kier alpha value is -1.12. The fourth-order valence-electron chi connectivity index (χ4n) is 1.69. The molecule has 64 valence electrons. The van der Waals surface area contributed by atoms with Crippen LogP contribution >= 0.6 is 0 Å². The van der Waals surface area contributed by atoms with Gasteiger partial charge in [0.05, 0.1) is 0 Å². The molecule has 0 fully saturated rings. The normalized spacial score (nSPS) is 33.8. The van der Waals surface area contributed by atoms with Crippen molar-refractivity contribution in [2.45, 2.75) is 25.9 Å². The molecule has 0 aromatic heterocycles. The summed E-state index contributed by atoms with van der Waals surface area (Å²) in [6.07, 6.45) is 6.08. The summed E-state index contributed by atoms with van der Waals surface area (Å²) in [6, 6.07) is 0. The molecule has 0 bridgehead atoms. The van der Waals surface area contributed by atoms with Crippen LogP contribution in [0.25, 0.3) is 0 Å². The van der Waals surface area contributed by atoms with Crippen molar-refractivity contribution in [3.63, 3.8) is 0 Å². The molecule has 2 rings (SSSR count). The highest BCUT2D eigenvalue weighted by molar-refractivity contribution is 5.94. The fourth-order valence-corrected chi connectivity index (χ4v) is 1.69. The molecule has 0 aromatic carbocycles. The van der Waals surface area contributed by atoms with Gasteiger partial charge in [0, 0.05) is 17.7 Å². The van der Waals surface area contributed by atoms with E-state index in [1.807, 2.05) is 19.2 Å². The highest BCUT2D eigenvalue weighted by Crippen LogP contribution is 2.23. The number of aliphatic imine (C=N–C) groups is 1. The summed E-state index contributed by atoms with van der Waals surface area (Å²) in [5.74, 6) is 0.447. The zero-order chi connectivity index (χ0) is 8.55. The number of nitrogens with zero attached hydrogens (tertiary/aromatic N) is 1. The average Bonchev–Trinajstić information content (AvgIpc) is 2.07. The first-order valence-electron chi connectivity index (χ1n) is 4.28. The van der Waals surface area contributed by atoms with Crippen LogP contribution in [0.5, 0.6) is 0 Å². The highest BCUT2D eigenvalue weighted by Gasteiger charge is 2.27. The van der Waals surface area contributed by atoms with E-state index in [4.69, 9.17) is 0 Å². The molecule has 12 heavy (non-hydrogen) atoms. The lowest BCUT2D eigenvalue weighted by Gasteiger charge is -2.29. The molecular formula is C9H12N2O. The van der Waals surface area contributed by atoms with Gasteiger partial charge in [-0.15, -0.1) is 0 Å². The SMILES string of the molecule is CC1=CC2CCC=NC2NC1=O. The quantitative estimate of drug-likeness (QED) is 0.567. The Morgan fingerprint density at radius 2 is 2.50 bits per heavy atom. The molecule has 0 radical (unpaired) electrons. The average molecular weight is 164 g/mol. The monoisotopic (exact) mass is 164 g/mol. The molecule has 2 aliphatic rings. The maximum absolute atomic E-state index is 11.2. The Morgan fingerprint density at radius 1 is 1.67 bits per heavy atom. The highest BCUT2D eigenvalue weighted by atomic mass is 16.1. The van der Waals surface area contributed by atoms with E-state index in [9.17, 15) is 4.79 Å². The van der Waals surface area contributed by atoms with Crippen LogP contribution in [0.4, 0.5) is 0 Å². The van der Waals surface area contributed by atoms with Crippen molar-refractivity contribution in [3.8, 4) is 0 Å². The van der Waals surface area contributed by atoms with E-state index in [2.05, 4.69) is 10.3 Å². The molecule has 1 amide bonds. The molecule has 2 aliphatic heterocycles. The minimum Gasteiger partial charge on any atom is -0.330 e. The molecule has 0 saturated carbocycles. The third-order valence-corrected chi connectivity index (χ3v) is 2.40. The van der Waals surface area contributed by atoms with Gasteiger partial charge in [-0.1, -0.05) is 6.08 Å². The lowest BCUT2D eigenvalue weighted by Crippen LogP contribution is -2.43. The van der Waals surface area contributed by atoms with E-state index in [-0.39, 0.29) is 12.1 Å². The topological polar surface area (TPSA) is 41.5 Å². The van der Waals surface area contributed by atoms with Crippen molar-refractivity contribution in [1.82, 2.24) is 5.32 Å². The Morgan fingerprint density at radius 3 is 3.33 bits per heavy atom. The van der Waals surface area contributed by atoms with Gasteiger partial charge in [-0.25, -0.2) is 0 Å². The second kappa shape index (κ2) is 2.73. The smallest absolute Gasteiger partial charge is 0.248 e. The van der Waals surface area contributed by atoms with Crippen molar-refractivity contribution in [2.24, 2.45) is 10.9 Å². The van der Waals surface area contributed by atoms with Crippen molar-refractivity contribution in [2.75, 3.05) is 0 Å². The molecule has 0 aromatic rings. The number of carbonyl (C=O) groups excluding carboxylic acids is 1. The summed E-state index contributed by atoms with van der Waals surface area (Å²) < 4.78 is 0. The van der Waals surface area contributed by atoms with E-state index in [1.165, 1.54) is 0 Å². The molecule has 2 unspecified atom stereocenters. The number of fused-ring (bicyclic) bond motifs is 1. The van der Waals surface area contributed by atoms with Crippen molar-refractivity contribution >= 4 is 12.1 Å². The Balaban J connectivity index is 2.25. The second-order valence-electron chi connectivity index (χ2n) is 3.34. The van der Waals surface area contributed by atoms with Crippen LogP contribution in [0.3, 0.4) is 0 Å². The molecule has 0 spiro atoms. The largest absolute Gasteiger partial charge is 0.330 e. The lowest BCUT2D eigenvalue weighted by atomic mass is 9.92. The van der Waals surface area contributed by atoms with E-state index in [0.717, 1.165) is 18.4 Å². The predicted molar refractivity (Wildman–Crippen MR) is 46.9 cm³/mol. The Kier molecular flexibility index (Phi) is 1.71. The van der Waals surface area contributed by atoms with Crippen LogP contribution in [0.15, 0.2) is 16.6 Å². The third kappa shape index (κ3) is 1.15. The first kappa shape index (κ1) is 7.53. The van der Waals surface area contributed by atoms with Gasteiger partial charge >= 0.3 is 0 Å². The molecule has 3 heteroatoms. The molecule has 2 heterocycles. The van der Waals surface area contributed by atoms with Crippen molar-refractivity contribution < 1.29 is 4.79 Å². The van der Waals surface area contributed by atoms with Gasteiger partial charge in [0.2, 0.25) is 5.91 Å². The van der Waals surface area contributed by atoms with Crippen LogP contribution in [0.2, 0.25) is 0 Å². The minimum atomic E-state index is 0.00921. The predicted octanol–water partition coefficient (Wildman–Crippen LogP) is 0.869. The number of nitrogens with one attached hydrogen (secondary N) is 1. The molecule has 3 nitrogen and oxygen atoms in total. The van der Waals surface area contributed by atoms with Crippen LogP contribution < -0.4 is 5.32 Å². The van der Waals surface area contributed by atoms with E-state index in [0.29, 0.717) is 5.92 Å². The van der Waals surface area contributed by atoms with E-state index >= 15 is 0 Å². The number of carbonyl (C=O) groups is 1. The van der Waals surface area contributed by atoms with Gasteiger partial charge in [-0.2, -0.15) is 0 Å². The lowest BCUT2D eigenvalue weighted by molar-refractivity contribution is -0.118. The minimum absolute atomic E-state index is 0.00921. The second-order valence-corrected chi connectivity index (χ2v) is 3.34. The van der Waals surface area contributed by atoms with Gasteiger partial charge in [0.25, 0.3) is 0 Å². The molecular weight excluding hydrogens is 152 g/mol. The maximum Gasteiger partial charge on any atom is 0.248 e. The zero-order valence-corrected chi connectivity index (χ0v) is 7.08. The maximum atomic E-state index is 11.2. The fraction of sp³-hybridized carbons (Fsp3) is 0.556. The van der Waals surface area contributed by atoms with Gasteiger partial charge in [0.15, 0.2) is 0 Å². The molecule has 2 atom stereocenters. The Bertz CT molecular complexity index is 268. The summed E-state index contributed by atoms with van der Waals surface area (Å²) in [5, 5.41) is 2.86. The van der Waals surface area contributed by atoms with Crippen molar-refractivity contribution in [1.29, 1.82) is 0 Å². The first-order valence-corrected chi connectivity index (χ1v) is 4.28. The number of rotatable bonds is 0. The van der Waals surface area contributed by atoms with E-state index < -0.39 is 0 Å².